The SMILES string of the molecule is Nc1nc(N2CC[C@H]2C(=O)N2CCN(CC(F)(F)C(F)(F)F)CC2)nc2nc(-c3ccco3)nn12. The van der Waals surface area contributed by atoms with Crippen LogP contribution in [-0.2, 0) is 4.79 Å². The van der Waals surface area contributed by atoms with Crippen molar-refractivity contribution in [2.45, 2.75) is 24.6 Å². The lowest BCUT2D eigenvalue weighted by Gasteiger charge is -2.44. The van der Waals surface area contributed by atoms with Gasteiger partial charge in [-0.25, -0.2) is 0 Å². The van der Waals surface area contributed by atoms with Crippen molar-refractivity contribution in [1.29, 1.82) is 0 Å². The number of carbonyl (C=O) groups excluding carboxylic acids is 1. The van der Waals surface area contributed by atoms with Crippen LogP contribution in [0.1, 0.15) is 6.42 Å². The number of aromatic nitrogens is 5. The van der Waals surface area contributed by atoms with Crippen LogP contribution in [0, 0.1) is 0 Å². The van der Waals surface area contributed by atoms with Crippen LogP contribution in [0.25, 0.3) is 17.4 Å². The molecule has 2 aliphatic heterocycles. The van der Waals surface area contributed by atoms with E-state index in [-0.39, 0.29) is 55.6 Å². The Morgan fingerprint density at radius 1 is 1.09 bits per heavy atom. The molecule has 0 spiro atoms. The van der Waals surface area contributed by atoms with Gasteiger partial charge < -0.3 is 20.0 Å². The molecule has 35 heavy (non-hydrogen) atoms. The number of piperazine rings is 1. The zero-order valence-electron chi connectivity index (χ0n) is 18.1. The molecule has 2 saturated heterocycles. The summed E-state index contributed by atoms with van der Waals surface area (Å²) in [4.78, 5) is 30.0. The molecule has 3 aromatic heterocycles. The van der Waals surface area contributed by atoms with Gasteiger partial charge >= 0.3 is 12.1 Å². The lowest BCUT2D eigenvalue weighted by molar-refractivity contribution is -0.287. The first-order valence-corrected chi connectivity index (χ1v) is 10.7. The van der Waals surface area contributed by atoms with Crippen molar-refractivity contribution in [1.82, 2.24) is 34.4 Å². The number of nitrogens with zero attached hydrogens (tertiary/aromatic N) is 8. The van der Waals surface area contributed by atoms with Crippen LogP contribution >= 0.6 is 0 Å². The molecular weight excluding hydrogens is 481 g/mol. The highest BCUT2D eigenvalue weighted by Crippen LogP contribution is 2.36. The Labute approximate surface area is 194 Å². The molecule has 3 aromatic rings. The van der Waals surface area contributed by atoms with Gasteiger partial charge in [-0.05, 0) is 18.6 Å². The van der Waals surface area contributed by atoms with Crippen molar-refractivity contribution in [2.24, 2.45) is 0 Å². The maximum absolute atomic E-state index is 13.3. The maximum atomic E-state index is 13.3. The van der Waals surface area contributed by atoms with Crippen LogP contribution in [0.4, 0.5) is 33.8 Å². The first kappa shape index (κ1) is 23.2. The summed E-state index contributed by atoms with van der Waals surface area (Å²) in [5, 5.41) is 4.21. The van der Waals surface area contributed by atoms with Gasteiger partial charge in [0.05, 0.1) is 12.8 Å². The van der Waals surface area contributed by atoms with Gasteiger partial charge in [0.25, 0.3) is 5.78 Å². The molecule has 2 aliphatic rings. The molecule has 0 radical (unpaired) electrons. The van der Waals surface area contributed by atoms with E-state index in [9.17, 15) is 26.7 Å². The summed E-state index contributed by atoms with van der Waals surface area (Å²) >= 11 is 0. The molecule has 188 valence electrons. The molecular formula is C19H20F5N9O2. The Hall–Kier alpha value is -3.56. The minimum absolute atomic E-state index is 0.00705. The number of alkyl halides is 5. The van der Waals surface area contributed by atoms with Crippen molar-refractivity contribution < 1.29 is 31.2 Å². The summed E-state index contributed by atoms with van der Waals surface area (Å²) in [5.41, 5.74) is 6.01. The quantitative estimate of drug-likeness (QED) is 0.515. The average Bonchev–Trinajstić information content (AvgIpc) is 3.42. The van der Waals surface area contributed by atoms with E-state index in [2.05, 4.69) is 20.1 Å². The van der Waals surface area contributed by atoms with Gasteiger partial charge in [-0.15, -0.1) is 5.10 Å². The molecule has 0 aromatic carbocycles. The zero-order chi connectivity index (χ0) is 25.0. The number of amides is 1. The molecule has 2 N–H and O–H groups in total. The number of halogens is 5. The van der Waals surface area contributed by atoms with E-state index in [4.69, 9.17) is 10.2 Å². The lowest BCUT2D eigenvalue weighted by atomic mass is 10.0. The molecule has 0 aliphatic carbocycles. The van der Waals surface area contributed by atoms with E-state index in [1.54, 1.807) is 17.0 Å². The van der Waals surface area contributed by atoms with Crippen molar-refractivity contribution >= 4 is 23.6 Å². The average molecular weight is 501 g/mol. The Kier molecular flexibility index (Phi) is 5.49. The molecule has 5 heterocycles. The molecule has 0 unspecified atom stereocenters. The second kappa shape index (κ2) is 8.28. The van der Waals surface area contributed by atoms with E-state index >= 15 is 0 Å². The van der Waals surface area contributed by atoms with Crippen molar-refractivity contribution in [3.05, 3.63) is 18.4 Å². The highest BCUT2D eigenvalue weighted by molar-refractivity contribution is 5.86. The molecule has 1 amide bonds. The number of nitrogens with two attached hydrogens (primary N) is 1. The Morgan fingerprint density at radius 2 is 1.83 bits per heavy atom. The number of nitrogen functional groups attached to an aromatic ring is 1. The highest BCUT2D eigenvalue weighted by Gasteiger charge is 2.58. The van der Waals surface area contributed by atoms with Crippen molar-refractivity contribution in [3.63, 3.8) is 0 Å². The molecule has 11 nitrogen and oxygen atoms in total. The molecule has 2 fully saturated rings. The largest absolute Gasteiger partial charge is 0.461 e. The number of fused-ring (bicyclic) bond motifs is 1. The fourth-order valence-electron chi connectivity index (χ4n) is 4.02. The fraction of sp³-hybridized carbons (Fsp3) is 0.526. The Balaban J connectivity index is 1.25. The fourth-order valence-corrected chi connectivity index (χ4v) is 4.02. The molecule has 1 atom stereocenters. The third-order valence-electron chi connectivity index (χ3n) is 6.05. The van der Waals surface area contributed by atoms with Crippen molar-refractivity contribution in [3.8, 4) is 11.6 Å². The third kappa shape index (κ3) is 4.21. The van der Waals surface area contributed by atoms with Crippen LogP contribution in [0.3, 0.4) is 0 Å². The molecule has 0 bridgehead atoms. The standard InChI is InChI=1S/C19H20F5N9O2/c20-18(21,19(22,23)24)10-30-5-7-31(8-6-30)14(34)11-3-4-32(11)16-27-15(25)33-17(28-16)26-13(29-33)12-2-1-9-35-12/h1-2,9,11H,3-8,10H2,(H2,25,26,27,28,29)/t11-/m0/s1. The normalized spacial score (nSPS) is 19.9. The van der Waals surface area contributed by atoms with E-state index < -0.39 is 24.7 Å². The summed E-state index contributed by atoms with van der Waals surface area (Å²) in [7, 11) is 0. The van der Waals surface area contributed by atoms with Crippen LogP contribution in [0.15, 0.2) is 22.8 Å². The number of carbonyl (C=O) groups is 1. The van der Waals surface area contributed by atoms with Crippen LogP contribution < -0.4 is 10.6 Å². The monoisotopic (exact) mass is 501 g/mol. The zero-order valence-corrected chi connectivity index (χ0v) is 18.1. The summed E-state index contributed by atoms with van der Waals surface area (Å²) in [6, 6.07) is 2.75. The van der Waals surface area contributed by atoms with Gasteiger partial charge in [0, 0.05) is 32.7 Å². The van der Waals surface area contributed by atoms with E-state index in [0.29, 0.717) is 18.7 Å². The molecule has 5 rings (SSSR count). The van der Waals surface area contributed by atoms with E-state index in [1.807, 2.05) is 0 Å². The Morgan fingerprint density at radius 3 is 2.43 bits per heavy atom. The highest BCUT2D eigenvalue weighted by atomic mass is 19.4. The van der Waals surface area contributed by atoms with Crippen LogP contribution in [0.2, 0.25) is 0 Å². The predicted octanol–water partition coefficient (Wildman–Crippen LogP) is 1.28. The number of anilines is 2. The number of furan rings is 1. The van der Waals surface area contributed by atoms with Gasteiger partial charge in [-0.2, -0.15) is 41.4 Å². The van der Waals surface area contributed by atoms with Gasteiger partial charge in [-0.3, -0.25) is 9.69 Å². The van der Waals surface area contributed by atoms with Gasteiger partial charge in [0.15, 0.2) is 5.76 Å². The predicted molar refractivity (Wildman–Crippen MR) is 110 cm³/mol. The second-order valence-electron chi connectivity index (χ2n) is 8.31. The molecule has 0 saturated carbocycles. The molecule has 16 heteroatoms. The van der Waals surface area contributed by atoms with E-state index in [0.717, 1.165) is 4.90 Å². The van der Waals surface area contributed by atoms with Gasteiger partial charge in [0.1, 0.15) is 6.04 Å². The van der Waals surface area contributed by atoms with Crippen LogP contribution in [0.5, 0.6) is 0 Å². The first-order chi connectivity index (χ1) is 16.5. The van der Waals surface area contributed by atoms with Crippen molar-refractivity contribution in [2.75, 3.05) is 49.9 Å². The number of hydrogen-bond acceptors (Lipinski definition) is 9. The minimum atomic E-state index is -5.61. The maximum Gasteiger partial charge on any atom is 0.454 e. The third-order valence-corrected chi connectivity index (χ3v) is 6.05. The summed E-state index contributed by atoms with van der Waals surface area (Å²) in [6.07, 6.45) is -3.64. The second-order valence-corrected chi connectivity index (χ2v) is 8.31. The number of hydrogen-bond donors (Lipinski definition) is 1. The summed E-state index contributed by atoms with van der Waals surface area (Å²) < 4.78 is 70.6. The smallest absolute Gasteiger partial charge is 0.454 e. The van der Waals surface area contributed by atoms with Gasteiger partial charge in [-0.1, -0.05) is 0 Å². The summed E-state index contributed by atoms with van der Waals surface area (Å²) in [6.45, 7) is -1.06. The van der Waals surface area contributed by atoms with Crippen LogP contribution in [-0.4, -0.2) is 97.7 Å². The topological polar surface area (TPSA) is 122 Å². The lowest BCUT2D eigenvalue weighted by Crippen LogP contribution is -2.61. The Bertz CT molecular complexity index is 1220. The number of rotatable bonds is 5. The summed E-state index contributed by atoms with van der Waals surface area (Å²) in [5.74, 6) is -4.05. The first-order valence-electron chi connectivity index (χ1n) is 10.7. The van der Waals surface area contributed by atoms with E-state index in [1.165, 1.54) is 15.7 Å². The van der Waals surface area contributed by atoms with Gasteiger partial charge in [0.2, 0.25) is 23.6 Å². The minimum Gasteiger partial charge on any atom is -0.461 e.